The van der Waals surface area contributed by atoms with Crippen LogP contribution in [-0.2, 0) is 10.2 Å². The fourth-order valence-electron chi connectivity index (χ4n) is 1.56. The molecule has 3 N–H and O–H groups in total. The third kappa shape index (κ3) is 6.59. The highest BCUT2D eigenvalue weighted by Crippen LogP contribution is 2.29. The molecule has 3 nitrogen and oxygen atoms in total. The van der Waals surface area contributed by atoms with E-state index in [1.54, 1.807) is 6.07 Å². The van der Waals surface area contributed by atoms with Gasteiger partial charge in [-0.3, -0.25) is 0 Å². The van der Waals surface area contributed by atoms with Gasteiger partial charge in [-0.1, -0.05) is 57.2 Å². The fraction of sp³-hybridized carbons (Fsp3) is 0.235. The number of nitrogens with two attached hydrogens (primary N) is 1. The Morgan fingerprint density at radius 3 is 1.65 bits per heavy atom. The SMILES string of the molecule is C=O.CC(C)(C)c1ccccc1O.Nc1ccccc1. The van der Waals surface area contributed by atoms with Crippen LogP contribution < -0.4 is 5.73 Å². The van der Waals surface area contributed by atoms with Crippen molar-refractivity contribution in [2.24, 2.45) is 0 Å². The molecular formula is C17H23NO2. The Morgan fingerprint density at radius 1 is 0.900 bits per heavy atom. The second kappa shape index (κ2) is 8.75. The molecule has 20 heavy (non-hydrogen) atoms. The predicted octanol–water partition coefficient (Wildman–Crippen LogP) is 3.77. The molecule has 0 amide bonds. The number of carbonyl (C=O) groups excluding carboxylic acids is 1. The van der Waals surface area contributed by atoms with Gasteiger partial charge in [0.05, 0.1) is 0 Å². The number of rotatable bonds is 0. The molecule has 0 spiro atoms. The van der Waals surface area contributed by atoms with Crippen molar-refractivity contribution < 1.29 is 9.90 Å². The summed E-state index contributed by atoms with van der Waals surface area (Å²) in [5.41, 5.74) is 7.21. The molecule has 0 aliphatic heterocycles. The lowest BCUT2D eigenvalue weighted by Gasteiger charge is -2.19. The van der Waals surface area contributed by atoms with Crippen LogP contribution in [0, 0.1) is 0 Å². The van der Waals surface area contributed by atoms with Gasteiger partial charge in [0.15, 0.2) is 0 Å². The molecule has 108 valence electrons. The van der Waals surface area contributed by atoms with E-state index in [1.807, 2.05) is 55.3 Å². The number of hydrogen-bond donors (Lipinski definition) is 2. The molecule has 0 heterocycles. The summed E-state index contributed by atoms with van der Waals surface area (Å²) >= 11 is 0. The molecule has 0 aliphatic carbocycles. The summed E-state index contributed by atoms with van der Waals surface area (Å²) in [7, 11) is 0. The van der Waals surface area contributed by atoms with Crippen molar-refractivity contribution in [2.75, 3.05) is 5.73 Å². The average molecular weight is 273 g/mol. The van der Waals surface area contributed by atoms with Crippen molar-refractivity contribution in [1.29, 1.82) is 0 Å². The molecule has 0 bridgehead atoms. The fourth-order valence-corrected chi connectivity index (χ4v) is 1.56. The van der Waals surface area contributed by atoms with Crippen LogP contribution in [0.3, 0.4) is 0 Å². The molecule has 2 aromatic rings. The van der Waals surface area contributed by atoms with E-state index in [0.717, 1.165) is 11.3 Å². The zero-order chi connectivity index (χ0) is 15.6. The summed E-state index contributed by atoms with van der Waals surface area (Å²) in [5, 5.41) is 9.45. The van der Waals surface area contributed by atoms with Gasteiger partial charge in [0.25, 0.3) is 0 Å². The Bertz CT molecular complexity index is 490. The Labute approximate surface area is 121 Å². The van der Waals surface area contributed by atoms with E-state index >= 15 is 0 Å². The van der Waals surface area contributed by atoms with E-state index in [-0.39, 0.29) is 5.41 Å². The zero-order valence-electron chi connectivity index (χ0n) is 12.3. The van der Waals surface area contributed by atoms with Gasteiger partial charge >= 0.3 is 0 Å². The highest BCUT2D eigenvalue weighted by Gasteiger charge is 2.16. The van der Waals surface area contributed by atoms with Gasteiger partial charge in [-0.15, -0.1) is 0 Å². The first kappa shape index (κ1) is 17.7. The van der Waals surface area contributed by atoms with Crippen molar-refractivity contribution >= 4 is 12.5 Å². The molecule has 3 heteroatoms. The molecule has 0 fully saturated rings. The van der Waals surface area contributed by atoms with Gasteiger partial charge in [0.2, 0.25) is 0 Å². The lowest BCUT2D eigenvalue weighted by molar-refractivity contribution is -0.0979. The first-order chi connectivity index (χ1) is 9.41. The Morgan fingerprint density at radius 2 is 1.35 bits per heavy atom. The zero-order valence-corrected chi connectivity index (χ0v) is 12.3. The second-order valence-electron chi connectivity index (χ2n) is 5.18. The second-order valence-corrected chi connectivity index (χ2v) is 5.18. The Hall–Kier alpha value is -2.29. The summed E-state index contributed by atoms with van der Waals surface area (Å²) in [6.45, 7) is 8.26. The molecule has 0 radical (unpaired) electrons. The maximum atomic E-state index is 9.45. The third-order valence-corrected chi connectivity index (χ3v) is 2.51. The highest BCUT2D eigenvalue weighted by molar-refractivity contribution is 5.37. The van der Waals surface area contributed by atoms with Crippen molar-refractivity contribution in [2.45, 2.75) is 26.2 Å². The quantitative estimate of drug-likeness (QED) is 0.718. The van der Waals surface area contributed by atoms with Crippen molar-refractivity contribution in [3.63, 3.8) is 0 Å². The average Bonchev–Trinajstić information content (AvgIpc) is 2.42. The van der Waals surface area contributed by atoms with Crippen LogP contribution in [0.1, 0.15) is 26.3 Å². The summed E-state index contributed by atoms with van der Waals surface area (Å²) in [4.78, 5) is 8.00. The predicted molar refractivity (Wildman–Crippen MR) is 84.8 cm³/mol. The molecule has 0 saturated carbocycles. The van der Waals surface area contributed by atoms with Crippen molar-refractivity contribution in [3.05, 3.63) is 60.2 Å². The third-order valence-electron chi connectivity index (χ3n) is 2.51. The van der Waals surface area contributed by atoms with E-state index in [0.29, 0.717) is 5.75 Å². The number of nitrogen functional groups attached to an aromatic ring is 1. The highest BCUT2D eigenvalue weighted by atomic mass is 16.3. The first-order valence-electron chi connectivity index (χ1n) is 6.29. The number of phenolic OH excluding ortho intramolecular Hbond substituents is 1. The van der Waals surface area contributed by atoms with Crippen molar-refractivity contribution in [1.82, 2.24) is 0 Å². The normalized spacial score (nSPS) is 9.55. The maximum absolute atomic E-state index is 9.45. The minimum atomic E-state index is 0.0331. The summed E-state index contributed by atoms with van der Waals surface area (Å²) in [6, 6.07) is 16.9. The number of para-hydroxylation sites is 2. The number of benzene rings is 2. The molecule has 0 unspecified atom stereocenters. The number of hydrogen-bond acceptors (Lipinski definition) is 3. The van der Waals surface area contributed by atoms with Gasteiger partial charge in [0, 0.05) is 5.69 Å². The molecule has 0 atom stereocenters. The van der Waals surface area contributed by atoms with Crippen molar-refractivity contribution in [3.8, 4) is 5.75 Å². The standard InChI is InChI=1S/C10H14O.C6H7N.CH2O/c1-10(2,3)8-6-4-5-7-9(8)11;7-6-4-2-1-3-5-6;1-2/h4-7,11H,1-3H3;1-5H,7H2;1H2. The van der Waals surface area contributed by atoms with Gasteiger partial charge < -0.3 is 15.6 Å². The molecular weight excluding hydrogens is 250 g/mol. The van der Waals surface area contributed by atoms with E-state index in [9.17, 15) is 5.11 Å². The van der Waals surface area contributed by atoms with E-state index in [4.69, 9.17) is 10.5 Å². The molecule has 0 aliphatic rings. The molecule has 0 aromatic heterocycles. The number of carbonyl (C=O) groups is 1. The maximum Gasteiger partial charge on any atom is 0.119 e. The van der Waals surface area contributed by atoms with Crippen LogP contribution in [0.4, 0.5) is 5.69 Å². The molecule has 0 saturated heterocycles. The van der Waals surface area contributed by atoms with Gasteiger partial charge in [-0.2, -0.15) is 0 Å². The number of phenols is 1. The summed E-state index contributed by atoms with van der Waals surface area (Å²) < 4.78 is 0. The monoisotopic (exact) mass is 273 g/mol. The van der Waals surface area contributed by atoms with Crippen LogP contribution in [0.2, 0.25) is 0 Å². The van der Waals surface area contributed by atoms with Crippen LogP contribution in [0.5, 0.6) is 5.75 Å². The minimum absolute atomic E-state index is 0.0331. The van der Waals surface area contributed by atoms with E-state index in [1.165, 1.54) is 0 Å². The number of aromatic hydroxyl groups is 1. The Balaban J connectivity index is 0.000000345. The minimum Gasteiger partial charge on any atom is -0.508 e. The summed E-state index contributed by atoms with van der Waals surface area (Å²) in [6.07, 6.45) is 0. The van der Waals surface area contributed by atoms with E-state index in [2.05, 4.69) is 20.8 Å². The smallest absolute Gasteiger partial charge is 0.119 e. The summed E-state index contributed by atoms with van der Waals surface area (Å²) in [5.74, 6) is 0.389. The lowest BCUT2D eigenvalue weighted by atomic mass is 9.86. The molecule has 2 aromatic carbocycles. The van der Waals surface area contributed by atoms with Gasteiger partial charge in [-0.25, -0.2) is 0 Å². The Kier molecular flexibility index (Phi) is 7.75. The first-order valence-corrected chi connectivity index (χ1v) is 6.29. The topological polar surface area (TPSA) is 63.3 Å². The number of anilines is 1. The van der Waals surface area contributed by atoms with Crippen LogP contribution in [-0.4, -0.2) is 11.9 Å². The van der Waals surface area contributed by atoms with Crippen LogP contribution in [0.15, 0.2) is 54.6 Å². The van der Waals surface area contributed by atoms with Crippen LogP contribution in [0.25, 0.3) is 0 Å². The van der Waals surface area contributed by atoms with Crippen LogP contribution >= 0.6 is 0 Å². The van der Waals surface area contributed by atoms with Gasteiger partial charge in [-0.05, 0) is 29.2 Å². The van der Waals surface area contributed by atoms with Gasteiger partial charge in [0.1, 0.15) is 12.5 Å². The van der Waals surface area contributed by atoms with E-state index < -0.39 is 0 Å². The largest absolute Gasteiger partial charge is 0.508 e. The lowest BCUT2D eigenvalue weighted by Crippen LogP contribution is -2.10. The molecule has 2 rings (SSSR count).